The monoisotopic (exact) mass is 228 g/mol. The van der Waals surface area contributed by atoms with E-state index in [1.165, 1.54) is 0 Å². The Hall–Kier alpha value is -1.83. The summed E-state index contributed by atoms with van der Waals surface area (Å²) in [5.41, 5.74) is 0.461. The molecule has 2 aromatic rings. The molecule has 0 aliphatic rings. The molecule has 0 spiro atoms. The van der Waals surface area contributed by atoms with Crippen LogP contribution < -0.4 is 4.74 Å². The van der Waals surface area contributed by atoms with Crippen molar-refractivity contribution >= 4 is 17.1 Å². The Morgan fingerprint density at radius 2 is 1.88 bits per heavy atom. The van der Waals surface area contributed by atoms with Gasteiger partial charge in [-0.15, -0.1) is 0 Å². The van der Waals surface area contributed by atoms with Crippen molar-refractivity contribution in [3.8, 4) is 5.75 Å². The highest BCUT2D eigenvalue weighted by Crippen LogP contribution is 2.28. The minimum Gasteiger partial charge on any atom is -0.488 e. The first kappa shape index (κ1) is 11.6. The molecule has 0 unspecified atom stereocenters. The van der Waals surface area contributed by atoms with E-state index < -0.39 is 0 Å². The number of carbonyl (C=O) groups excluding carboxylic acids is 1. The highest BCUT2D eigenvalue weighted by atomic mass is 16.5. The SMILES string of the molecule is CC(C)(C)Oc1cccc2cc(C=O)ccc12. The van der Waals surface area contributed by atoms with E-state index in [-0.39, 0.29) is 5.60 Å². The van der Waals surface area contributed by atoms with Gasteiger partial charge in [-0.25, -0.2) is 0 Å². The fourth-order valence-electron chi connectivity index (χ4n) is 1.76. The van der Waals surface area contributed by atoms with Crippen LogP contribution in [0.5, 0.6) is 5.75 Å². The summed E-state index contributed by atoms with van der Waals surface area (Å²) < 4.78 is 5.90. The summed E-state index contributed by atoms with van der Waals surface area (Å²) in [5, 5.41) is 2.06. The van der Waals surface area contributed by atoms with E-state index in [0.717, 1.165) is 22.8 Å². The molecule has 0 fully saturated rings. The quantitative estimate of drug-likeness (QED) is 0.730. The van der Waals surface area contributed by atoms with Crippen molar-refractivity contribution in [3.05, 3.63) is 42.0 Å². The summed E-state index contributed by atoms with van der Waals surface area (Å²) in [4.78, 5) is 10.7. The topological polar surface area (TPSA) is 26.3 Å². The van der Waals surface area contributed by atoms with Crippen LogP contribution in [0.1, 0.15) is 31.1 Å². The summed E-state index contributed by atoms with van der Waals surface area (Å²) in [5.74, 6) is 0.854. The predicted molar refractivity (Wildman–Crippen MR) is 69.7 cm³/mol. The highest BCUT2D eigenvalue weighted by Gasteiger charge is 2.13. The lowest BCUT2D eigenvalue weighted by atomic mass is 10.1. The van der Waals surface area contributed by atoms with Crippen LogP contribution in [0.2, 0.25) is 0 Å². The third-order valence-corrected chi connectivity index (χ3v) is 2.42. The first-order valence-corrected chi connectivity index (χ1v) is 5.66. The number of hydrogen-bond donors (Lipinski definition) is 0. The maximum atomic E-state index is 10.7. The molecule has 17 heavy (non-hydrogen) atoms. The molecule has 0 aliphatic carbocycles. The number of aldehydes is 1. The first-order chi connectivity index (χ1) is 7.99. The molecular weight excluding hydrogens is 212 g/mol. The van der Waals surface area contributed by atoms with E-state index in [9.17, 15) is 4.79 Å². The van der Waals surface area contributed by atoms with Crippen LogP contribution in [0.4, 0.5) is 0 Å². The maximum Gasteiger partial charge on any atom is 0.150 e. The molecule has 0 saturated heterocycles. The summed E-state index contributed by atoms with van der Waals surface area (Å²) in [7, 11) is 0. The smallest absolute Gasteiger partial charge is 0.150 e. The third kappa shape index (κ3) is 2.64. The molecule has 2 rings (SSSR count). The minimum atomic E-state index is -0.225. The van der Waals surface area contributed by atoms with Gasteiger partial charge in [0, 0.05) is 10.9 Å². The molecule has 0 bridgehead atoms. The number of fused-ring (bicyclic) bond motifs is 1. The number of ether oxygens (including phenoxy) is 1. The van der Waals surface area contributed by atoms with E-state index in [0.29, 0.717) is 5.56 Å². The van der Waals surface area contributed by atoms with Gasteiger partial charge < -0.3 is 4.74 Å². The zero-order valence-electron chi connectivity index (χ0n) is 10.4. The van der Waals surface area contributed by atoms with Crippen LogP contribution >= 0.6 is 0 Å². The molecule has 0 heterocycles. The highest BCUT2D eigenvalue weighted by molar-refractivity contribution is 5.92. The Morgan fingerprint density at radius 3 is 2.53 bits per heavy atom. The molecule has 0 saturated carbocycles. The molecule has 0 aromatic heterocycles. The summed E-state index contributed by atoms with van der Waals surface area (Å²) in [6, 6.07) is 11.5. The maximum absolute atomic E-state index is 10.7. The average Bonchev–Trinajstić information content (AvgIpc) is 2.26. The molecule has 0 N–H and O–H groups in total. The number of rotatable bonds is 2. The van der Waals surface area contributed by atoms with Gasteiger partial charge in [-0.2, -0.15) is 0 Å². The minimum absolute atomic E-state index is 0.225. The summed E-state index contributed by atoms with van der Waals surface area (Å²) in [6.45, 7) is 6.06. The predicted octanol–water partition coefficient (Wildman–Crippen LogP) is 3.83. The van der Waals surface area contributed by atoms with Gasteiger partial charge in [-0.3, -0.25) is 4.79 Å². The van der Waals surface area contributed by atoms with Gasteiger partial charge in [0.05, 0.1) is 0 Å². The molecule has 0 amide bonds. The molecule has 0 radical (unpaired) electrons. The van der Waals surface area contributed by atoms with E-state index in [4.69, 9.17) is 4.74 Å². The van der Waals surface area contributed by atoms with Gasteiger partial charge in [0.15, 0.2) is 0 Å². The van der Waals surface area contributed by atoms with E-state index in [1.807, 2.05) is 57.2 Å². The Bertz CT molecular complexity index is 550. The van der Waals surface area contributed by atoms with Gasteiger partial charge in [0.25, 0.3) is 0 Å². The van der Waals surface area contributed by atoms with Crippen molar-refractivity contribution < 1.29 is 9.53 Å². The van der Waals surface area contributed by atoms with Crippen LogP contribution in [-0.2, 0) is 0 Å². The fourth-order valence-corrected chi connectivity index (χ4v) is 1.76. The molecule has 2 aromatic carbocycles. The molecule has 2 nitrogen and oxygen atoms in total. The lowest BCUT2D eigenvalue weighted by molar-refractivity contribution is 0.112. The summed E-state index contributed by atoms with van der Waals surface area (Å²) >= 11 is 0. The standard InChI is InChI=1S/C15H16O2/c1-15(2,3)17-14-6-4-5-12-9-11(10-16)7-8-13(12)14/h4-10H,1-3H3. The van der Waals surface area contributed by atoms with Crippen molar-refractivity contribution in [2.45, 2.75) is 26.4 Å². The average molecular weight is 228 g/mol. The van der Waals surface area contributed by atoms with Crippen LogP contribution in [0.25, 0.3) is 10.8 Å². The zero-order valence-corrected chi connectivity index (χ0v) is 10.4. The second-order valence-corrected chi connectivity index (χ2v) is 5.07. The fraction of sp³-hybridized carbons (Fsp3) is 0.267. The van der Waals surface area contributed by atoms with Crippen LogP contribution in [-0.4, -0.2) is 11.9 Å². The number of benzene rings is 2. The van der Waals surface area contributed by atoms with Gasteiger partial charge in [0.2, 0.25) is 0 Å². The van der Waals surface area contributed by atoms with E-state index in [1.54, 1.807) is 0 Å². The first-order valence-electron chi connectivity index (χ1n) is 5.66. The Balaban J connectivity index is 2.54. The van der Waals surface area contributed by atoms with E-state index in [2.05, 4.69) is 0 Å². The van der Waals surface area contributed by atoms with Gasteiger partial charge >= 0.3 is 0 Å². The molecule has 2 heteroatoms. The Kier molecular flexibility index (Phi) is 2.88. The van der Waals surface area contributed by atoms with Crippen molar-refractivity contribution in [1.29, 1.82) is 0 Å². The van der Waals surface area contributed by atoms with Crippen molar-refractivity contribution in [2.24, 2.45) is 0 Å². The number of hydrogen-bond acceptors (Lipinski definition) is 2. The lowest BCUT2D eigenvalue weighted by Gasteiger charge is -2.22. The second kappa shape index (κ2) is 4.21. The normalized spacial score (nSPS) is 11.5. The lowest BCUT2D eigenvalue weighted by Crippen LogP contribution is -2.23. The van der Waals surface area contributed by atoms with Gasteiger partial charge in [0.1, 0.15) is 17.6 Å². The molecule has 88 valence electrons. The Morgan fingerprint density at radius 1 is 1.12 bits per heavy atom. The zero-order chi connectivity index (χ0) is 12.5. The summed E-state index contributed by atoms with van der Waals surface area (Å²) in [6.07, 6.45) is 0.858. The molecule has 0 aliphatic heterocycles. The van der Waals surface area contributed by atoms with Crippen molar-refractivity contribution in [1.82, 2.24) is 0 Å². The third-order valence-electron chi connectivity index (χ3n) is 2.42. The van der Waals surface area contributed by atoms with Crippen LogP contribution in [0.15, 0.2) is 36.4 Å². The number of carbonyl (C=O) groups is 1. The van der Waals surface area contributed by atoms with Crippen molar-refractivity contribution in [3.63, 3.8) is 0 Å². The van der Waals surface area contributed by atoms with Crippen molar-refractivity contribution in [2.75, 3.05) is 0 Å². The van der Waals surface area contributed by atoms with Gasteiger partial charge in [-0.05, 0) is 44.4 Å². The molecule has 0 atom stereocenters. The largest absolute Gasteiger partial charge is 0.488 e. The van der Waals surface area contributed by atoms with Gasteiger partial charge in [-0.1, -0.05) is 18.2 Å². The van der Waals surface area contributed by atoms with E-state index >= 15 is 0 Å². The second-order valence-electron chi connectivity index (χ2n) is 5.07. The van der Waals surface area contributed by atoms with Crippen LogP contribution in [0.3, 0.4) is 0 Å². The van der Waals surface area contributed by atoms with Crippen LogP contribution in [0, 0.1) is 0 Å². The Labute approximate surface area is 101 Å². The molecular formula is C15H16O2.